The number of unbranched alkanes of at least 4 members (excludes halogenated alkanes) is 10. The third-order valence-electron chi connectivity index (χ3n) is 5.09. The Bertz CT molecular complexity index is 595. The zero-order valence-electron chi connectivity index (χ0n) is 17.5. The van der Waals surface area contributed by atoms with Crippen molar-refractivity contribution in [3.05, 3.63) is 28.8 Å². The average Bonchev–Trinajstić information content (AvgIpc) is 3.12. The molecule has 1 aromatic heterocycles. The van der Waals surface area contributed by atoms with E-state index in [4.69, 9.17) is 4.98 Å². The molecule has 0 amide bonds. The van der Waals surface area contributed by atoms with E-state index in [1.807, 2.05) is 11.3 Å². The van der Waals surface area contributed by atoms with Crippen LogP contribution in [0.5, 0.6) is 0 Å². The van der Waals surface area contributed by atoms with Crippen LogP contribution < -0.4 is 5.14 Å². The van der Waals surface area contributed by atoms with E-state index in [1.165, 1.54) is 111 Å². The first kappa shape index (κ1) is 24.5. The summed E-state index contributed by atoms with van der Waals surface area (Å²) in [6, 6.07) is 6.77. The number of thiazole rings is 1. The van der Waals surface area contributed by atoms with Crippen LogP contribution in [0.3, 0.4) is 0 Å². The first-order valence-electron chi connectivity index (χ1n) is 11.0. The normalized spacial score (nSPS) is 10.8. The molecule has 0 radical (unpaired) electrons. The van der Waals surface area contributed by atoms with Gasteiger partial charge < -0.3 is 0 Å². The predicted octanol–water partition coefficient (Wildman–Crippen LogP) is 7.89. The average molecular weight is 409 g/mol. The number of aryl methyl sites for hydroxylation is 2. The van der Waals surface area contributed by atoms with Crippen molar-refractivity contribution < 1.29 is 0 Å². The first-order valence-corrected chi connectivity index (χ1v) is 12.3. The molecule has 0 aliphatic carbocycles. The van der Waals surface area contributed by atoms with Crippen molar-refractivity contribution in [2.75, 3.05) is 0 Å². The van der Waals surface area contributed by atoms with Gasteiger partial charge in [-0.1, -0.05) is 90.2 Å². The van der Waals surface area contributed by atoms with E-state index in [1.54, 1.807) is 0 Å². The summed E-state index contributed by atoms with van der Waals surface area (Å²) < 4.78 is 1.39. The highest BCUT2D eigenvalue weighted by atomic mass is 32.1. The van der Waals surface area contributed by atoms with E-state index in [9.17, 15) is 0 Å². The number of benzene rings is 1. The third-order valence-corrected chi connectivity index (χ3v) is 6.17. The largest absolute Gasteiger partial charge is 0.281 e. The fraction of sp³-hybridized carbons (Fsp3) is 0.696. The van der Waals surface area contributed by atoms with Crippen LogP contribution in [0.4, 0.5) is 0 Å². The van der Waals surface area contributed by atoms with Crippen molar-refractivity contribution in [2.45, 2.75) is 104 Å². The smallest absolute Gasteiger partial charge is 0.0938 e. The zero-order chi connectivity index (χ0) is 19.7. The van der Waals surface area contributed by atoms with Gasteiger partial charge in [-0.2, -0.15) is 0 Å². The second-order valence-electron chi connectivity index (χ2n) is 7.41. The summed E-state index contributed by atoms with van der Waals surface area (Å²) in [6.07, 6.45) is 18.7. The molecule has 4 heteroatoms. The van der Waals surface area contributed by atoms with Crippen LogP contribution in [0.15, 0.2) is 18.2 Å². The van der Waals surface area contributed by atoms with Crippen LogP contribution in [0.25, 0.3) is 10.2 Å². The van der Waals surface area contributed by atoms with Crippen molar-refractivity contribution in [3.8, 4) is 0 Å². The Morgan fingerprint density at radius 2 is 1.33 bits per heavy atom. The highest BCUT2D eigenvalue weighted by molar-refractivity contribution is 7.77. The maximum atomic E-state index is 4.99. The van der Waals surface area contributed by atoms with Gasteiger partial charge in [-0.3, -0.25) is 5.14 Å². The summed E-state index contributed by atoms with van der Waals surface area (Å²) in [5.41, 5.74) is 2.76. The summed E-state index contributed by atoms with van der Waals surface area (Å²) >= 11 is 4.95. The number of thiol groups is 1. The molecule has 0 saturated heterocycles. The van der Waals surface area contributed by atoms with E-state index in [0.717, 1.165) is 0 Å². The molecule has 2 aromatic rings. The summed E-state index contributed by atoms with van der Waals surface area (Å²) in [7, 11) is 0. The number of fused-ring (bicyclic) bond motifs is 1. The van der Waals surface area contributed by atoms with Crippen LogP contribution >= 0.6 is 24.2 Å². The van der Waals surface area contributed by atoms with Crippen molar-refractivity contribution in [1.29, 1.82) is 0 Å². The Labute approximate surface area is 176 Å². The van der Waals surface area contributed by atoms with Crippen LogP contribution in [0.1, 0.15) is 101 Å². The van der Waals surface area contributed by atoms with E-state index in [0.29, 0.717) is 0 Å². The number of hydrogen-bond acceptors (Lipinski definition) is 4. The molecule has 1 aromatic carbocycles. The van der Waals surface area contributed by atoms with Crippen LogP contribution in [0, 0.1) is 0 Å². The van der Waals surface area contributed by atoms with Gasteiger partial charge in [-0.25, -0.2) is 4.98 Å². The molecule has 0 bridgehead atoms. The highest BCUT2D eigenvalue weighted by Gasteiger charge is 2.08. The summed E-state index contributed by atoms with van der Waals surface area (Å²) in [5, 5.41) is 5.54. The minimum Gasteiger partial charge on any atom is -0.281 e. The Hall–Kier alpha value is -0.580. The number of aromatic nitrogens is 1. The van der Waals surface area contributed by atoms with Crippen molar-refractivity contribution in [2.24, 2.45) is 5.14 Å². The molecule has 27 heavy (non-hydrogen) atoms. The maximum Gasteiger partial charge on any atom is 0.0938 e. The third kappa shape index (κ3) is 9.96. The van der Waals surface area contributed by atoms with Gasteiger partial charge >= 0.3 is 0 Å². The lowest BCUT2D eigenvalue weighted by molar-refractivity contribution is 0.606. The van der Waals surface area contributed by atoms with E-state index in [-0.39, 0.29) is 0 Å². The first-order chi connectivity index (χ1) is 13.3. The standard InChI is InChI=1S/C23H37NS.H3NS/c1-3-5-7-9-11-13-16-20-17-15-18-21-23(20)24-22(25-21)19-14-12-10-8-6-4-2;1-2/h15,17-18H,3-14,16,19H2,1-2H3;2H,1H2. The Morgan fingerprint density at radius 1 is 0.778 bits per heavy atom. The lowest BCUT2D eigenvalue weighted by Crippen LogP contribution is -1.89. The van der Waals surface area contributed by atoms with Gasteiger partial charge in [0.2, 0.25) is 0 Å². The van der Waals surface area contributed by atoms with Crippen LogP contribution in [-0.2, 0) is 12.8 Å². The van der Waals surface area contributed by atoms with Gasteiger partial charge in [0.15, 0.2) is 0 Å². The fourth-order valence-electron chi connectivity index (χ4n) is 3.51. The SMILES string of the molecule is CCCCCCCCc1nc2c(CCCCCCCC)cccc2s1.NS. The quantitative estimate of drug-likeness (QED) is 0.246. The van der Waals surface area contributed by atoms with Gasteiger partial charge in [0, 0.05) is 0 Å². The monoisotopic (exact) mass is 408 g/mol. The fourth-order valence-corrected chi connectivity index (χ4v) is 4.57. The van der Waals surface area contributed by atoms with Gasteiger partial charge in [0.05, 0.1) is 15.2 Å². The highest BCUT2D eigenvalue weighted by Crippen LogP contribution is 2.27. The molecule has 0 unspecified atom stereocenters. The van der Waals surface area contributed by atoms with Gasteiger partial charge in [0.25, 0.3) is 0 Å². The summed E-state index contributed by atoms with van der Waals surface area (Å²) in [6.45, 7) is 4.57. The molecule has 2 nitrogen and oxygen atoms in total. The predicted molar refractivity (Wildman–Crippen MR) is 127 cm³/mol. The lowest BCUT2D eigenvalue weighted by atomic mass is 10.0. The molecule has 0 fully saturated rings. The molecule has 0 aliphatic heterocycles. The zero-order valence-corrected chi connectivity index (χ0v) is 19.2. The minimum atomic E-state index is 1.17. The van der Waals surface area contributed by atoms with E-state index in [2.05, 4.69) is 50.0 Å². The Kier molecular flexibility index (Phi) is 14.8. The second kappa shape index (κ2) is 16.4. The van der Waals surface area contributed by atoms with E-state index < -0.39 is 0 Å². The maximum absolute atomic E-state index is 4.99. The molecule has 2 rings (SSSR count). The molecule has 0 spiro atoms. The Balaban J connectivity index is 0.00000176. The number of rotatable bonds is 14. The van der Waals surface area contributed by atoms with Crippen molar-refractivity contribution >= 4 is 34.4 Å². The van der Waals surface area contributed by atoms with E-state index >= 15 is 0 Å². The van der Waals surface area contributed by atoms with Gasteiger partial charge in [0.1, 0.15) is 0 Å². The van der Waals surface area contributed by atoms with Gasteiger partial charge in [-0.05, 0) is 37.3 Å². The second-order valence-corrected chi connectivity index (χ2v) is 8.52. The Morgan fingerprint density at radius 3 is 1.96 bits per heavy atom. The minimum absolute atomic E-state index is 1.17. The molecule has 0 saturated carbocycles. The van der Waals surface area contributed by atoms with Gasteiger partial charge in [-0.15, -0.1) is 24.2 Å². The molecule has 0 atom stereocenters. The number of para-hydroxylation sites is 1. The molecule has 0 aliphatic rings. The summed E-state index contributed by atoms with van der Waals surface area (Å²) in [5.74, 6) is 0. The number of nitrogens with zero attached hydrogens (tertiary/aromatic N) is 1. The lowest BCUT2D eigenvalue weighted by Gasteiger charge is -2.03. The van der Waals surface area contributed by atoms with Crippen molar-refractivity contribution in [3.63, 3.8) is 0 Å². The summed E-state index contributed by atoms with van der Waals surface area (Å²) in [4.78, 5) is 4.99. The molecular formula is C23H40N2S2. The molecule has 1 heterocycles. The number of hydrogen-bond donors (Lipinski definition) is 2. The molecule has 2 N–H and O–H groups in total. The molecular weight excluding hydrogens is 368 g/mol. The molecule has 154 valence electrons. The van der Waals surface area contributed by atoms with Crippen molar-refractivity contribution in [1.82, 2.24) is 4.98 Å². The number of nitrogens with two attached hydrogens (primary N) is 1. The topological polar surface area (TPSA) is 38.9 Å². The van der Waals surface area contributed by atoms with Crippen LogP contribution in [0.2, 0.25) is 0 Å². The van der Waals surface area contributed by atoms with Crippen LogP contribution in [-0.4, -0.2) is 4.98 Å².